The second kappa shape index (κ2) is 7.95. The highest BCUT2D eigenvalue weighted by atomic mass is 32.1. The first kappa shape index (κ1) is 17.2. The van der Waals surface area contributed by atoms with Crippen LogP contribution in [-0.4, -0.2) is 30.6 Å². The van der Waals surface area contributed by atoms with Crippen LogP contribution >= 0.6 is 11.3 Å². The van der Waals surface area contributed by atoms with Gasteiger partial charge >= 0.3 is 5.97 Å². The third kappa shape index (κ3) is 4.05. The molecule has 2 heterocycles. The number of carbonyl (C=O) groups is 1. The van der Waals surface area contributed by atoms with Gasteiger partial charge in [-0.2, -0.15) is 0 Å². The van der Waals surface area contributed by atoms with Crippen molar-refractivity contribution in [3.63, 3.8) is 0 Å². The Morgan fingerprint density at radius 2 is 2.04 bits per heavy atom. The van der Waals surface area contributed by atoms with E-state index in [1.54, 1.807) is 0 Å². The van der Waals surface area contributed by atoms with Crippen molar-refractivity contribution in [1.82, 2.24) is 4.90 Å². The lowest BCUT2D eigenvalue weighted by Gasteiger charge is -2.37. The van der Waals surface area contributed by atoms with Gasteiger partial charge in [-0.1, -0.05) is 30.3 Å². The molecule has 1 aliphatic rings. The largest absolute Gasteiger partial charge is 0.466 e. The van der Waals surface area contributed by atoms with E-state index in [0.29, 0.717) is 6.61 Å². The summed E-state index contributed by atoms with van der Waals surface area (Å²) in [6.07, 6.45) is 1.01. The molecule has 1 fully saturated rings. The van der Waals surface area contributed by atoms with Gasteiger partial charge in [0.25, 0.3) is 0 Å². The zero-order valence-corrected chi connectivity index (χ0v) is 15.2. The van der Waals surface area contributed by atoms with E-state index in [1.807, 2.05) is 24.3 Å². The summed E-state index contributed by atoms with van der Waals surface area (Å²) in [5, 5.41) is 0. The molecule has 0 N–H and O–H groups in total. The Morgan fingerprint density at radius 3 is 2.71 bits per heavy atom. The third-order valence-corrected chi connectivity index (χ3v) is 5.79. The lowest BCUT2D eigenvalue weighted by Crippen LogP contribution is -2.43. The summed E-state index contributed by atoms with van der Waals surface area (Å²) < 4.78 is 5.38. The molecule has 128 valence electrons. The third-order valence-electron chi connectivity index (χ3n) is 4.66. The van der Waals surface area contributed by atoms with Crippen molar-refractivity contribution in [2.45, 2.75) is 32.7 Å². The van der Waals surface area contributed by atoms with Gasteiger partial charge in [-0.15, -0.1) is 11.3 Å². The molecular formula is C20H25NO2S. The van der Waals surface area contributed by atoms with Gasteiger partial charge in [-0.3, -0.25) is 9.69 Å². The van der Waals surface area contributed by atoms with Crippen molar-refractivity contribution in [3.8, 4) is 0 Å². The minimum absolute atomic E-state index is 0.0497. The van der Waals surface area contributed by atoms with Gasteiger partial charge in [0.1, 0.15) is 0 Å². The molecule has 4 heteroatoms. The quantitative estimate of drug-likeness (QED) is 0.761. The van der Waals surface area contributed by atoms with E-state index >= 15 is 0 Å². The van der Waals surface area contributed by atoms with Gasteiger partial charge in [-0.25, -0.2) is 0 Å². The molecule has 2 aromatic rings. The molecule has 2 atom stereocenters. The Labute approximate surface area is 148 Å². The summed E-state index contributed by atoms with van der Waals surface area (Å²) in [6, 6.07) is 14.8. The standard InChI is InChI=1S/C20H25NO2S/c1-3-23-20(22)18-14-21(13-16-7-5-4-6-8-16)12-11-17(18)19-10-9-15(2)24-19/h4-10,17-18H,3,11-14H2,1-2H3/t17-,18+/m0/s1. The van der Waals surface area contributed by atoms with Crippen molar-refractivity contribution in [1.29, 1.82) is 0 Å². The number of likely N-dealkylation sites (tertiary alicyclic amines) is 1. The molecule has 1 aromatic heterocycles. The fourth-order valence-electron chi connectivity index (χ4n) is 3.49. The Bertz CT molecular complexity index is 667. The molecule has 0 radical (unpaired) electrons. The maximum Gasteiger partial charge on any atom is 0.310 e. The predicted molar refractivity (Wildman–Crippen MR) is 98.3 cm³/mol. The smallest absolute Gasteiger partial charge is 0.310 e. The van der Waals surface area contributed by atoms with Gasteiger partial charge in [0.2, 0.25) is 0 Å². The van der Waals surface area contributed by atoms with Crippen LogP contribution in [0, 0.1) is 12.8 Å². The summed E-state index contributed by atoms with van der Waals surface area (Å²) in [7, 11) is 0. The van der Waals surface area contributed by atoms with Crippen LogP contribution in [0.4, 0.5) is 0 Å². The SMILES string of the molecule is CCOC(=O)[C@@H]1CN(Cc2ccccc2)CC[C@@H]1c1ccc(C)s1. The monoisotopic (exact) mass is 343 g/mol. The van der Waals surface area contributed by atoms with Gasteiger partial charge in [-0.05, 0) is 44.5 Å². The van der Waals surface area contributed by atoms with Crippen LogP contribution in [0.2, 0.25) is 0 Å². The first-order valence-electron chi connectivity index (χ1n) is 8.66. The van der Waals surface area contributed by atoms with E-state index in [0.717, 1.165) is 26.1 Å². The first-order chi connectivity index (χ1) is 11.7. The molecule has 3 nitrogen and oxygen atoms in total. The van der Waals surface area contributed by atoms with Crippen LogP contribution in [0.3, 0.4) is 0 Å². The van der Waals surface area contributed by atoms with Gasteiger partial charge in [0.05, 0.1) is 12.5 Å². The average molecular weight is 343 g/mol. The van der Waals surface area contributed by atoms with Gasteiger partial charge in [0.15, 0.2) is 0 Å². The van der Waals surface area contributed by atoms with Gasteiger partial charge in [0, 0.05) is 28.8 Å². The van der Waals surface area contributed by atoms with E-state index in [-0.39, 0.29) is 17.8 Å². The minimum Gasteiger partial charge on any atom is -0.466 e. The number of piperidine rings is 1. The highest BCUT2D eigenvalue weighted by Gasteiger charge is 2.36. The Hall–Kier alpha value is -1.65. The van der Waals surface area contributed by atoms with Crippen LogP contribution in [0.5, 0.6) is 0 Å². The van der Waals surface area contributed by atoms with Crippen molar-refractivity contribution in [2.75, 3.05) is 19.7 Å². The second-order valence-corrected chi connectivity index (χ2v) is 7.74. The number of benzene rings is 1. The van der Waals surface area contributed by atoms with E-state index in [1.165, 1.54) is 15.3 Å². The highest BCUT2D eigenvalue weighted by Crippen LogP contribution is 2.37. The Balaban J connectivity index is 1.74. The molecule has 24 heavy (non-hydrogen) atoms. The van der Waals surface area contributed by atoms with Crippen LogP contribution in [0.25, 0.3) is 0 Å². The summed E-state index contributed by atoms with van der Waals surface area (Å²) >= 11 is 1.81. The topological polar surface area (TPSA) is 29.5 Å². The molecule has 3 rings (SSSR count). The van der Waals surface area contributed by atoms with Crippen LogP contribution in [-0.2, 0) is 16.1 Å². The maximum atomic E-state index is 12.5. The van der Waals surface area contributed by atoms with Crippen LogP contribution in [0.1, 0.15) is 34.6 Å². The summed E-state index contributed by atoms with van der Waals surface area (Å²) in [6.45, 7) is 7.14. The molecule has 0 amide bonds. The summed E-state index contributed by atoms with van der Waals surface area (Å²) in [5.74, 6) is 0.168. The molecule has 0 spiro atoms. The van der Waals surface area contributed by atoms with Crippen molar-refractivity contribution in [3.05, 3.63) is 57.8 Å². The van der Waals surface area contributed by atoms with Gasteiger partial charge < -0.3 is 4.74 Å². The number of aryl methyl sites for hydroxylation is 1. The van der Waals surface area contributed by atoms with Crippen molar-refractivity contribution in [2.24, 2.45) is 5.92 Å². The highest BCUT2D eigenvalue weighted by molar-refractivity contribution is 7.12. The number of ether oxygens (including phenoxy) is 1. The zero-order chi connectivity index (χ0) is 16.9. The predicted octanol–water partition coefficient (Wildman–Crippen LogP) is 4.23. The molecule has 0 bridgehead atoms. The summed E-state index contributed by atoms with van der Waals surface area (Å²) in [4.78, 5) is 17.6. The number of hydrogen-bond donors (Lipinski definition) is 0. The second-order valence-electron chi connectivity index (χ2n) is 6.42. The lowest BCUT2D eigenvalue weighted by molar-refractivity contribution is -0.150. The van der Waals surface area contributed by atoms with E-state index in [2.05, 4.69) is 48.2 Å². The average Bonchev–Trinajstić information content (AvgIpc) is 3.02. The zero-order valence-electron chi connectivity index (χ0n) is 14.4. The maximum absolute atomic E-state index is 12.5. The Morgan fingerprint density at radius 1 is 1.25 bits per heavy atom. The number of carbonyl (C=O) groups excluding carboxylic acids is 1. The fraction of sp³-hybridized carbons (Fsp3) is 0.450. The molecule has 0 saturated carbocycles. The molecular weight excluding hydrogens is 318 g/mol. The number of rotatable bonds is 5. The lowest BCUT2D eigenvalue weighted by atomic mass is 9.84. The van der Waals surface area contributed by atoms with Crippen molar-refractivity contribution >= 4 is 17.3 Å². The van der Waals surface area contributed by atoms with E-state index in [4.69, 9.17) is 4.74 Å². The fourth-order valence-corrected chi connectivity index (χ4v) is 4.56. The minimum atomic E-state index is -0.0690. The van der Waals surface area contributed by atoms with E-state index in [9.17, 15) is 4.79 Å². The normalized spacial score (nSPS) is 21.6. The van der Waals surface area contributed by atoms with Crippen LogP contribution in [0.15, 0.2) is 42.5 Å². The number of esters is 1. The molecule has 1 aliphatic heterocycles. The van der Waals surface area contributed by atoms with E-state index < -0.39 is 0 Å². The number of thiophene rings is 1. The summed E-state index contributed by atoms with van der Waals surface area (Å²) in [5.41, 5.74) is 1.30. The molecule has 0 aliphatic carbocycles. The number of hydrogen-bond acceptors (Lipinski definition) is 4. The number of nitrogens with zero attached hydrogens (tertiary/aromatic N) is 1. The van der Waals surface area contributed by atoms with Crippen LogP contribution < -0.4 is 0 Å². The first-order valence-corrected chi connectivity index (χ1v) is 9.48. The Kier molecular flexibility index (Phi) is 5.69. The molecule has 1 saturated heterocycles. The van der Waals surface area contributed by atoms with Crippen molar-refractivity contribution < 1.29 is 9.53 Å². The molecule has 0 unspecified atom stereocenters. The molecule has 1 aromatic carbocycles.